The number of aliphatic hydroxyl groups excluding tert-OH is 1. The van der Waals surface area contributed by atoms with E-state index in [2.05, 4.69) is 34.6 Å². The van der Waals surface area contributed by atoms with E-state index in [0.29, 0.717) is 30.1 Å². The Bertz CT molecular complexity index is 658. The molecule has 30 heavy (non-hydrogen) atoms. The maximum absolute atomic E-state index is 12.8. The van der Waals surface area contributed by atoms with Gasteiger partial charge in [-0.1, -0.05) is 53.9 Å². The average molecular weight is 419 g/mol. The summed E-state index contributed by atoms with van der Waals surface area (Å²) in [5.41, 5.74) is -1.22. The molecule has 4 fully saturated rings. The molecule has 0 saturated heterocycles. The molecule has 0 heterocycles. The summed E-state index contributed by atoms with van der Waals surface area (Å²) in [6.45, 7) is 11.9. The van der Waals surface area contributed by atoms with Crippen molar-refractivity contribution in [3.63, 3.8) is 0 Å². The highest BCUT2D eigenvalue weighted by atomic mass is 16.3. The van der Waals surface area contributed by atoms with E-state index in [1.165, 1.54) is 38.5 Å². The van der Waals surface area contributed by atoms with Crippen molar-refractivity contribution < 1.29 is 15.0 Å². The minimum atomic E-state index is -1.30. The lowest BCUT2D eigenvalue weighted by molar-refractivity contribution is -0.213. The summed E-state index contributed by atoms with van der Waals surface area (Å²) in [5, 5.41) is 21.7. The highest BCUT2D eigenvalue weighted by Gasteiger charge is 2.67. The molecular formula is C27H46O3. The molecule has 2 N–H and O–H groups in total. The Balaban J connectivity index is 1.52. The van der Waals surface area contributed by atoms with E-state index in [9.17, 15) is 15.0 Å². The van der Waals surface area contributed by atoms with Gasteiger partial charge in [0.2, 0.25) is 0 Å². The number of rotatable bonds is 5. The van der Waals surface area contributed by atoms with Gasteiger partial charge in [-0.2, -0.15) is 0 Å². The van der Waals surface area contributed by atoms with Gasteiger partial charge < -0.3 is 10.2 Å². The molecule has 4 saturated carbocycles. The minimum absolute atomic E-state index is 0.286. The van der Waals surface area contributed by atoms with Crippen molar-refractivity contribution in [3.05, 3.63) is 0 Å². The molecule has 4 aliphatic carbocycles. The molecule has 4 aliphatic rings. The second-order valence-corrected chi connectivity index (χ2v) is 12.6. The molecule has 0 amide bonds. The van der Waals surface area contributed by atoms with E-state index in [1.807, 2.05) is 0 Å². The fourth-order valence-corrected chi connectivity index (χ4v) is 9.11. The summed E-state index contributed by atoms with van der Waals surface area (Å²) in [4.78, 5) is 12.8. The van der Waals surface area contributed by atoms with Crippen LogP contribution >= 0.6 is 0 Å². The summed E-state index contributed by atoms with van der Waals surface area (Å²) >= 11 is 0. The molecule has 0 spiro atoms. The van der Waals surface area contributed by atoms with Gasteiger partial charge in [0.1, 0.15) is 11.7 Å². The van der Waals surface area contributed by atoms with Gasteiger partial charge >= 0.3 is 0 Å². The van der Waals surface area contributed by atoms with Gasteiger partial charge in [0.05, 0.1) is 0 Å². The molecule has 0 radical (unpaired) electrons. The first-order chi connectivity index (χ1) is 14.0. The summed E-state index contributed by atoms with van der Waals surface area (Å²) < 4.78 is 0. The second-order valence-electron chi connectivity index (χ2n) is 12.6. The molecule has 2 unspecified atom stereocenters. The van der Waals surface area contributed by atoms with Crippen LogP contribution < -0.4 is 0 Å². The molecule has 0 bridgehead atoms. The van der Waals surface area contributed by atoms with Crippen LogP contribution in [-0.4, -0.2) is 27.7 Å². The van der Waals surface area contributed by atoms with E-state index in [0.717, 1.165) is 42.9 Å². The lowest BCUT2D eigenvalue weighted by Crippen LogP contribution is -2.67. The summed E-state index contributed by atoms with van der Waals surface area (Å²) in [6.07, 6.45) is 11.0. The Kier molecular flexibility index (Phi) is 5.97. The normalized spacial score (nSPS) is 49.5. The summed E-state index contributed by atoms with van der Waals surface area (Å²) in [6, 6.07) is 0. The van der Waals surface area contributed by atoms with Gasteiger partial charge in [0, 0.05) is 5.41 Å². The number of fused-ring (bicyclic) bond motifs is 5. The van der Waals surface area contributed by atoms with Crippen LogP contribution in [0.3, 0.4) is 0 Å². The second kappa shape index (κ2) is 7.87. The van der Waals surface area contributed by atoms with Crippen molar-refractivity contribution in [3.8, 4) is 0 Å². The van der Waals surface area contributed by atoms with Crippen molar-refractivity contribution >= 4 is 5.78 Å². The van der Waals surface area contributed by atoms with E-state index >= 15 is 0 Å². The van der Waals surface area contributed by atoms with Crippen LogP contribution in [0.15, 0.2) is 0 Å². The maximum Gasteiger partial charge on any atom is 0.193 e. The fraction of sp³-hybridized carbons (Fsp3) is 0.963. The zero-order chi connectivity index (χ0) is 21.9. The van der Waals surface area contributed by atoms with Gasteiger partial charge in [-0.3, -0.25) is 4.79 Å². The van der Waals surface area contributed by atoms with Crippen molar-refractivity contribution in [1.29, 1.82) is 0 Å². The topological polar surface area (TPSA) is 57.5 Å². The summed E-state index contributed by atoms with van der Waals surface area (Å²) in [7, 11) is 0. The monoisotopic (exact) mass is 418 g/mol. The SMILES string of the molecule is CC(C)CCC[C@@H](C)[C@H]1CC[C@H]2[C@@H]3CCC4(O)C(=O)C(O)CC[C@]4(C)[C@H]3CC[C@]12C. The molecular weight excluding hydrogens is 372 g/mol. The Hall–Kier alpha value is -0.410. The van der Waals surface area contributed by atoms with E-state index in [4.69, 9.17) is 0 Å². The number of hydrogen-bond donors (Lipinski definition) is 2. The largest absolute Gasteiger partial charge is 0.385 e. The highest BCUT2D eigenvalue weighted by Crippen LogP contribution is 2.68. The molecule has 3 heteroatoms. The Morgan fingerprint density at radius 2 is 1.67 bits per heavy atom. The van der Waals surface area contributed by atoms with Gasteiger partial charge in [-0.15, -0.1) is 0 Å². The molecule has 0 aromatic rings. The van der Waals surface area contributed by atoms with Crippen molar-refractivity contribution in [2.24, 2.45) is 46.3 Å². The van der Waals surface area contributed by atoms with Crippen LogP contribution in [0.5, 0.6) is 0 Å². The van der Waals surface area contributed by atoms with Crippen LogP contribution in [0.4, 0.5) is 0 Å². The first-order valence-electron chi connectivity index (χ1n) is 13.0. The predicted octanol–water partition coefficient (Wildman–Crippen LogP) is 5.76. The quantitative estimate of drug-likeness (QED) is 0.596. The molecule has 0 aromatic heterocycles. The number of hydrogen-bond acceptors (Lipinski definition) is 3. The highest BCUT2D eigenvalue weighted by molar-refractivity contribution is 5.92. The number of ketones is 1. The molecule has 4 rings (SSSR count). The molecule has 172 valence electrons. The lowest BCUT2D eigenvalue weighted by atomic mass is 9.42. The fourth-order valence-electron chi connectivity index (χ4n) is 9.11. The van der Waals surface area contributed by atoms with Crippen LogP contribution in [0, 0.1) is 46.3 Å². The van der Waals surface area contributed by atoms with Gasteiger partial charge in [-0.05, 0) is 92.3 Å². The van der Waals surface area contributed by atoms with E-state index in [1.54, 1.807) is 0 Å². The maximum atomic E-state index is 12.8. The minimum Gasteiger partial charge on any atom is -0.385 e. The van der Waals surface area contributed by atoms with Crippen molar-refractivity contribution in [2.75, 3.05) is 0 Å². The molecule has 3 nitrogen and oxygen atoms in total. The lowest BCUT2D eigenvalue weighted by Gasteiger charge is -2.63. The molecule has 0 aliphatic heterocycles. The third-order valence-electron chi connectivity index (χ3n) is 10.9. The van der Waals surface area contributed by atoms with Gasteiger partial charge in [-0.25, -0.2) is 0 Å². The zero-order valence-electron chi connectivity index (χ0n) is 20.1. The molecule has 9 atom stereocenters. The number of carbonyl (C=O) groups excluding carboxylic acids is 1. The first-order valence-corrected chi connectivity index (χ1v) is 13.0. The Morgan fingerprint density at radius 1 is 0.933 bits per heavy atom. The molecule has 0 aromatic carbocycles. The van der Waals surface area contributed by atoms with E-state index in [-0.39, 0.29) is 11.2 Å². The van der Waals surface area contributed by atoms with Crippen molar-refractivity contribution in [2.45, 2.75) is 117 Å². The average Bonchev–Trinajstić information content (AvgIpc) is 3.04. The standard InChI is InChI=1S/C27H46O3/c1-17(2)7-6-8-18(3)20-9-10-21-19-11-16-27(30)24(29)23(28)13-15-26(27,5)22(19)12-14-25(20,21)4/h17-23,28,30H,6-16H2,1-5H3/t18-,19+,20-,21+,22+,23?,25-,26-,27?/m1/s1. The van der Waals surface area contributed by atoms with Crippen LogP contribution in [-0.2, 0) is 4.79 Å². The predicted molar refractivity (Wildman–Crippen MR) is 121 cm³/mol. The zero-order valence-corrected chi connectivity index (χ0v) is 20.1. The summed E-state index contributed by atoms with van der Waals surface area (Å²) in [5.74, 6) is 3.98. The number of aliphatic hydroxyl groups is 2. The third kappa shape index (κ3) is 3.24. The van der Waals surface area contributed by atoms with Gasteiger partial charge in [0.25, 0.3) is 0 Å². The van der Waals surface area contributed by atoms with Gasteiger partial charge in [0.15, 0.2) is 5.78 Å². The Labute approximate surface area is 184 Å². The van der Waals surface area contributed by atoms with Crippen LogP contribution in [0.25, 0.3) is 0 Å². The Morgan fingerprint density at radius 3 is 2.37 bits per heavy atom. The van der Waals surface area contributed by atoms with E-state index < -0.39 is 11.7 Å². The smallest absolute Gasteiger partial charge is 0.193 e. The van der Waals surface area contributed by atoms with Crippen molar-refractivity contribution in [1.82, 2.24) is 0 Å². The van der Waals surface area contributed by atoms with Crippen LogP contribution in [0.1, 0.15) is 105 Å². The third-order valence-corrected chi connectivity index (χ3v) is 10.9. The number of Topliss-reactive ketones (excluding diaryl/α,β-unsaturated/α-hetero) is 1. The first kappa shape index (κ1) is 22.8. The van der Waals surface area contributed by atoms with Crippen LogP contribution in [0.2, 0.25) is 0 Å². The number of carbonyl (C=O) groups is 1.